The van der Waals surface area contributed by atoms with Crippen molar-refractivity contribution in [3.05, 3.63) is 89.0 Å². The standard InChI is InChI=1S/C24H27N.C14H23N.C3H8.C2H6/c1-4-18-11-13-21-22(15-18)25-24(20-12-10-16(2)14-17(20)3)23(21)19-8-6-5-7-9-19;1-2-6-13-9-10-15(11-13)12-14-7-4-3-5-8-14;1-3-2;1-2/h4,10-15,19,25H,1,5-9H2,2-3H3;4,7-8,13H,2-3,5-6,9-12H2,1H3;3H2,1-2H3;1-2H3. The van der Waals surface area contributed by atoms with Crippen LogP contribution in [0.5, 0.6) is 0 Å². The summed E-state index contributed by atoms with van der Waals surface area (Å²) in [5, 5.41) is 1.40. The second kappa shape index (κ2) is 19.6. The van der Waals surface area contributed by atoms with Gasteiger partial charge >= 0.3 is 0 Å². The van der Waals surface area contributed by atoms with Gasteiger partial charge < -0.3 is 4.98 Å². The first kappa shape index (κ1) is 36.6. The van der Waals surface area contributed by atoms with Gasteiger partial charge in [0.1, 0.15) is 0 Å². The molecule has 1 saturated carbocycles. The van der Waals surface area contributed by atoms with E-state index in [1.165, 1.54) is 135 Å². The molecule has 1 aliphatic heterocycles. The van der Waals surface area contributed by atoms with Gasteiger partial charge in [0.25, 0.3) is 0 Å². The molecule has 2 fully saturated rings. The van der Waals surface area contributed by atoms with Crippen molar-refractivity contribution in [1.29, 1.82) is 0 Å². The Morgan fingerprint density at radius 2 is 1.69 bits per heavy atom. The number of H-pyrrole nitrogens is 1. The number of nitrogens with zero attached hydrogens (tertiary/aromatic N) is 1. The maximum Gasteiger partial charge on any atom is 0.0502 e. The molecule has 2 heterocycles. The van der Waals surface area contributed by atoms with Gasteiger partial charge in [-0.3, -0.25) is 4.90 Å². The molecule has 2 nitrogen and oxygen atoms in total. The fourth-order valence-electron chi connectivity index (χ4n) is 7.23. The van der Waals surface area contributed by atoms with Crippen molar-refractivity contribution < 1.29 is 0 Å². The van der Waals surface area contributed by atoms with Crippen LogP contribution in [-0.2, 0) is 0 Å². The molecule has 1 aromatic heterocycles. The summed E-state index contributed by atoms with van der Waals surface area (Å²) in [4.78, 5) is 6.39. The number of aromatic amines is 1. The first-order valence-corrected chi connectivity index (χ1v) is 18.4. The molecule has 6 rings (SSSR count). The minimum atomic E-state index is 0.674. The number of likely N-dealkylation sites (tertiary alicyclic amines) is 1. The van der Waals surface area contributed by atoms with Crippen molar-refractivity contribution in [2.75, 3.05) is 19.6 Å². The number of aryl methyl sites for hydroxylation is 2. The van der Waals surface area contributed by atoms with E-state index in [4.69, 9.17) is 0 Å². The monoisotopic (exact) mass is 609 g/mol. The average Bonchev–Trinajstić information content (AvgIpc) is 3.67. The van der Waals surface area contributed by atoms with Gasteiger partial charge in [-0.05, 0) is 99.1 Å². The molecular weight excluding hydrogens is 544 g/mol. The summed E-state index contributed by atoms with van der Waals surface area (Å²) >= 11 is 0. The molecule has 1 unspecified atom stereocenters. The summed E-state index contributed by atoms with van der Waals surface area (Å²) in [6.07, 6.45) is 23.6. The molecule has 1 N–H and O–H groups in total. The third-order valence-electron chi connectivity index (χ3n) is 9.31. The van der Waals surface area contributed by atoms with Gasteiger partial charge in [-0.25, -0.2) is 0 Å². The van der Waals surface area contributed by atoms with E-state index in [2.05, 4.69) is 106 Å². The Hall–Kier alpha value is -2.84. The number of hydrogen-bond donors (Lipinski definition) is 1. The molecule has 2 aliphatic carbocycles. The lowest BCUT2D eigenvalue weighted by Gasteiger charge is -2.23. The molecule has 246 valence electrons. The lowest BCUT2D eigenvalue weighted by molar-refractivity contribution is 0.347. The Bertz CT molecular complexity index is 1360. The number of allylic oxidation sites excluding steroid dienone is 2. The lowest BCUT2D eigenvalue weighted by atomic mass is 9.81. The van der Waals surface area contributed by atoms with Crippen molar-refractivity contribution in [2.24, 2.45) is 5.92 Å². The zero-order valence-electron chi connectivity index (χ0n) is 30.0. The number of nitrogens with one attached hydrogen (secondary N) is 1. The normalized spacial score (nSPS) is 18.2. The van der Waals surface area contributed by atoms with Crippen molar-refractivity contribution in [1.82, 2.24) is 9.88 Å². The van der Waals surface area contributed by atoms with Crippen LogP contribution < -0.4 is 0 Å². The van der Waals surface area contributed by atoms with Gasteiger partial charge in [0.05, 0.1) is 5.69 Å². The second-order valence-electron chi connectivity index (χ2n) is 13.2. The van der Waals surface area contributed by atoms with Crippen molar-refractivity contribution >= 4 is 17.0 Å². The maximum absolute atomic E-state index is 3.92. The highest BCUT2D eigenvalue weighted by molar-refractivity contribution is 5.93. The topological polar surface area (TPSA) is 19.0 Å². The van der Waals surface area contributed by atoms with Gasteiger partial charge in [0, 0.05) is 29.6 Å². The third-order valence-corrected chi connectivity index (χ3v) is 9.31. The van der Waals surface area contributed by atoms with Crippen LogP contribution in [-0.4, -0.2) is 29.5 Å². The van der Waals surface area contributed by atoms with E-state index < -0.39 is 0 Å². The molecule has 0 spiro atoms. The minimum Gasteiger partial charge on any atom is -0.354 e. The molecule has 2 heteroatoms. The smallest absolute Gasteiger partial charge is 0.0502 e. The van der Waals surface area contributed by atoms with Crippen LogP contribution in [0.1, 0.15) is 133 Å². The molecule has 1 atom stereocenters. The van der Waals surface area contributed by atoms with Crippen molar-refractivity contribution in [2.45, 2.75) is 125 Å². The largest absolute Gasteiger partial charge is 0.354 e. The number of rotatable bonds is 7. The van der Waals surface area contributed by atoms with Crippen LogP contribution in [0.15, 0.2) is 66.8 Å². The van der Waals surface area contributed by atoms with Crippen LogP contribution in [0.3, 0.4) is 0 Å². The highest BCUT2D eigenvalue weighted by atomic mass is 15.1. The molecule has 45 heavy (non-hydrogen) atoms. The summed E-state index contributed by atoms with van der Waals surface area (Å²) in [7, 11) is 0. The molecule has 0 bridgehead atoms. The van der Waals surface area contributed by atoms with Gasteiger partial charge in [0.15, 0.2) is 0 Å². The van der Waals surface area contributed by atoms with E-state index in [1.54, 1.807) is 5.57 Å². The van der Waals surface area contributed by atoms with Crippen LogP contribution >= 0.6 is 0 Å². The Balaban J connectivity index is 0.000000235. The Kier molecular flexibility index (Phi) is 16.0. The molecule has 3 aliphatic rings. The van der Waals surface area contributed by atoms with E-state index in [0.29, 0.717) is 5.92 Å². The second-order valence-corrected chi connectivity index (χ2v) is 13.2. The van der Waals surface area contributed by atoms with Crippen LogP contribution in [0, 0.1) is 19.8 Å². The Morgan fingerprint density at radius 3 is 2.33 bits per heavy atom. The van der Waals surface area contributed by atoms with Crippen LogP contribution in [0.25, 0.3) is 28.2 Å². The summed E-state index contributed by atoms with van der Waals surface area (Å²) < 4.78 is 0. The van der Waals surface area contributed by atoms with E-state index in [9.17, 15) is 0 Å². The summed E-state index contributed by atoms with van der Waals surface area (Å²) in [5.74, 6) is 1.65. The number of aromatic nitrogens is 1. The Labute approximate surface area is 277 Å². The number of fused-ring (bicyclic) bond motifs is 1. The predicted octanol–water partition coefficient (Wildman–Crippen LogP) is 13.0. The molecule has 0 amide bonds. The fourth-order valence-corrected chi connectivity index (χ4v) is 7.23. The average molecular weight is 609 g/mol. The van der Waals surface area contributed by atoms with Gasteiger partial charge in [0.2, 0.25) is 0 Å². The van der Waals surface area contributed by atoms with E-state index in [1.807, 2.05) is 19.9 Å². The predicted molar refractivity (Wildman–Crippen MR) is 202 cm³/mol. The molecule has 1 saturated heterocycles. The number of benzene rings is 2. The zero-order chi connectivity index (χ0) is 32.6. The van der Waals surface area contributed by atoms with Gasteiger partial charge in [-0.1, -0.05) is 134 Å². The summed E-state index contributed by atoms with van der Waals surface area (Å²) in [5.41, 5.74) is 10.9. The van der Waals surface area contributed by atoms with Crippen molar-refractivity contribution in [3.63, 3.8) is 0 Å². The minimum absolute atomic E-state index is 0.674. The molecular formula is C43H64N2. The third kappa shape index (κ3) is 10.6. The maximum atomic E-state index is 3.92. The lowest BCUT2D eigenvalue weighted by Crippen LogP contribution is -2.23. The SMILES string of the molecule is C=Cc1ccc2c(C3CCCCC3)c(-c3ccc(C)cc3C)[nH]c2c1.CC.CCC.CCCC1CCN(CC2=CCCC=C2)C1. The van der Waals surface area contributed by atoms with Gasteiger partial charge in [-0.2, -0.15) is 0 Å². The number of hydrogen-bond acceptors (Lipinski definition) is 1. The molecule has 2 aromatic carbocycles. The van der Waals surface area contributed by atoms with E-state index >= 15 is 0 Å². The quantitative estimate of drug-likeness (QED) is 0.283. The van der Waals surface area contributed by atoms with Crippen LogP contribution in [0.4, 0.5) is 0 Å². The van der Waals surface area contributed by atoms with Gasteiger partial charge in [-0.15, -0.1) is 0 Å². The first-order valence-electron chi connectivity index (χ1n) is 18.4. The fraction of sp³-hybridized carbons (Fsp3) is 0.535. The van der Waals surface area contributed by atoms with E-state index in [0.717, 1.165) is 5.92 Å². The van der Waals surface area contributed by atoms with Crippen molar-refractivity contribution in [3.8, 4) is 11.3 Å². The first-order chi connectivity index (χ1) is 22.0. The highest BCUT2D eigenvalue weighted by Crippen LogP contribution is 2.43. The molecule has 3 aromatic rings. The van der Waals surface area contributed by atoms with Crippen LogP contribution in [0.2, 0.25) is 0 Å². The van der Waals surface area contributed by atoms with E-state index in [-0.39, 0.29) is 0 Å². The molecule has 0 radical (unpaired) electrons. The summed E-state index contributed by atoms with van der Waals surface area (Å²) in [6, 6.07) is 13.5. The zero-order valence-corrected chi connectivity index (χ0v) is 30.0. The Morgan fingerprint density at radius 1 is 0.933 bits per heavy atom. The summed E-state index contributed by atoms with van der Waals surface area (Å²) in [6.45, 7) is 22.7. The highest BCUT2D eigenvalue weighted by Gasteiger charge is 2.24.